The van der Waals surface area contributed by atoms with Gasteiger partial charge >= 0.3 is 0 Å². The average molecular weight is 155 g/mol. The van der Waals surface area contributed by atoms with Crippen LogP contribution in [0.2, 0.25) is 0 Å². The molecule has 0 amide bonds. The molecule has 2 aliphatic rings. The molecule has 0 radical (unpaired) electrons. The summed E-state index contributed by atoms with van der Waals surface area (Å²) < 4.78 is 0. The van der Waals surface area contributed by atoms with E-state index in [0.717, 1.165) is 13.1 Å². The third kappa shape index (κ3) is 1.18. The maximum absolute atomic E-state index is 9.93. The number of likely N-dealkylation sites (tertiary alicyclic amines) is 1. The summed E-state index contributed by atoms with van der Waals surface area (Å²) in [6, 6.07) is 0.606. The van der Waals surface area contributed by atoms with Gasteiger partial charge in [0.15, 0.2) is 0 Å². The lowest BCUT2D eigenvalue weighted by Gasteiger charge is -2.49. The molecule has 1 heterocycles. The molecule has 1 saturated heterocycles. The van der Waals surface area contributed by atoms with Gasteiger partial charge in [0, 0.05) is 19.1 Å². The second-order valence-corrected chi connectivity index (χ2v) is 4.38. The Hall–Kier alpha value is -0.0800. The molecule has 2 rings (SSSR count). The fourth-order valence-corrected chi connectivity index (χ4v) is 1.90. The van der Waals surface area contributed by atoms with Crippen LogP contribution in [0.4, 0.5) is 0 Å². The third-order valence-corrected chi connectivity index (χ3v) is 3.02. The Morgan fingerprint density at radius 2 is 1.91 bits per heavy atom. The monoisotopic (exact) mass is 155 g/mol. The molecule has 1 aliphatic carbocycles. The first-order chi connectivity index (χ1) is 5.12. The molecule has 2 heteroatoms. The summed E-state index contributed by atoms with van der Waals surface area (Å²) in [4.78, 5) is 2.33. The number of rotatable bonds is 2. The minimum Gasteiger partial charge on any atom is -0.387 e. The van der Waals surface area contributed by atoms with Crippen LogP contribution in [0.25, 0.3) is 0 Å². The van der Waals surface area contributed by atoms with Crippen molar-refractivity contribution >= 4 is 0 Å². The minimum atomic E-state index is -0.287. The maximum atomic E-state index is 9.93. The van der Waals surface area contributed by atoms with Gasteiger partial charge in [0.2, 0.25) is 0 Å². The summed E-state index contributed by atoms with van der Waals surface area (Å²) in [5.41, 5.74) is -0.287. The number of hydrogen-bond acceptors (Lipinski definition) is 2. The van der Waals surface area contributed by atoms with Crippen LogP contribution < -0.4 is 0 Å². The molecule has 64 valence electrons. The fourth-order valence-electron chi connectivity index (χ4n) is 1.90. The maximum Gasteiger partial charge on any atom is 0.0928 e. The van der Waals surface area contributed by atoms with Crippen molar-refractivity contribution < 1.29 is 5.11 Å². The molecule has 0 aromatic rings. The van der Waals surface area contributed by atoms with Gasteiger partial charge in [-0.1, -0.05) is 0 Å². The predicted octanol–water partition coefficient (Wildman–Crippen LogP) is 0.852. The highest BCUT2D eigenvalue weighted by atomic mass is 16.3. The van der Waals surface area contributed by atoms with Crippen molar-refractivity contribution in [2.75, 3.05) is 13.1 Å². The van der Waals surface area contributed by atoms with Crippen LogP contribution in [0.1, 0.15) is 26.7 Å². The Morgan fingerprint density at radius 3 is 2.27 bits per heavy atom. The summed E-state index contributed by atoms with van der Waals surface area (Å²) >= 11 is 0. The Bertz CT molecular complexity index is 157. The molecule has 0 unspecified atom stereocenters. The summed E-state index contributed by atoms with van der Waals surface area (Å²) in [6.07, 6.45) is 2.50. The zero-order valence-electron chi connectivity index (χ0n) is 7.38. The van der Waals surface area contributed by atoms with Crippen LogP contribution >= 0.6 is 0 Å². The molecule has 2 nitrogen and oxygen atoms in total. The molecule has 0 bridgehead atoms. The standard InChI is InChI=1S/C9H17NO/c1-7(2)10-5-9(11,6-10)8-3-4-8/h7-8,11H,3-6H2,1-2H3. The largest absolute Gasteiger partial charge is 0.387 e. The van der Waals surface area contributed by atoms with E-state index in [1.807, 2.05) is 0 Å². The number of β-amino-alcohol motifs (C(OH)–C–C–N with tert-alkyl or cyclic N) is 1. The second kappa shape index (κ2) is 2.20. The fraction of sp³-hybridized carbons (Fsp3) is 1.00. The van der Waals surface area contributed by atoms with Gasteiger partial charge in [-0.25, -0.2) is 0 Å². The van der Waals surface area contributed by atoms with Crippen LogP contribution in [-0.2, 0) is 0 Å². The molecule has 2 fully saturated rings. The zero-order chi connectivity index (χ0) is 8.06. The Balaban J connectivity index is 1.85. The molecule has 1 N–H and O–H groups in total. The van der Waals surface area contributed by atoms with Crippen LogP contribution in [0.5, 0.6) is 0 Å². The molecule has 1 aliphatic heterocycles. The van der Waals surface area contributed by atoms with Crippen molar-refractivity contribution in [1.82, 2.24) is 4.90 Å². The SMILES string of the molecule is CC(C)N1CC(O)(C2CC2)C1. The quantitative estimate of drug-likeness (QED) is 0.639. The molecule has 1 saturated carbocycles. The van der Waals surface area contributed by atoms with Crippen LogP contribution in [0, 0.1) is 5.92 Å². The summed E-state index contributed by atoms with van der Waals surface area (Å²) in [5, 5.41) is 9.93. The molecule has 0 spiro atoms. The molecular formula is C9H17NO. The van der Waals surface area contributed by atoms with Gasteiger partial charge in [-0.05, 0) is 32.6 Å². The van der Waals surface area contributed by atoms with E-state index in [1.165, 1.54) is 12.8 Å². The second-order valence-electron chi connectivity index (χ2n) is 4.38. The van der Waals surface area contributed by atoms with Gasteiger partial charge in [-0.3, -0.25) is 4.90 Å². The van der Waals surface area contributed by atoms with Gasteiger partial charge in [0.1, 0.15) is 0 Å². The number of hydrogen-bond donors (Lipinski definition) is 1. The summed E-state index contributed by atoms with van der Waals surface area (Å²) in [7, 11) is 0. The molecular weight excluding hydrogens is 138 g/mol. The van der Waals surface area contributed by atoms with Gasteiger partial charge in [-0.15, -0.1) is 0 Å². The van der Waals surface area contributed by atoms with E-state index in [1.54, 1.807) is 0 Å². The lowest BCUT2D eigenvalue weighted by molar-refractivity contribution is -0.124. The highest BCUT2D eigenvalue weighted by Crippen LogP contribution is 2.44. The topological polar surface area (TPSA) is 23.5 Å². The van der Waals surface area contributed by atoms with Gasteiger partial charge in [-0.2, -0.15) is 0 Å². The van der Waals surface area contributed by atoms with Crippen molar-refractivity contribution in [3.05, 3.63) is 0 Å². The highest BCUT2D eigenvalue weighted by Gasteiger charge is 2.52. The predicted molar refractivity (Wildman–Crippen MR) is 44.4 cm³/mol. The van der Waals surface area contributed by atoms with E-state index in [-0.39, 0.29) is 5.60 Å². The van der Waals surface area contributed by atoms with E-state index in [0.29, 0.717) is 12.0 Å². The van der Waals surface area contributed by atoms with Crippen LogP contribution in [0.3, 0.4) is 0 Å². The first-order valence-electron chi connectivity index (χ1n) is 4.58. The molecule has 0 aromatic carbocycles. The Labute approximate surface area is 68.2 Å². The first kappa shape index (κ1) is 7.56. The van der Waals surface area contributed by atoms with E-state index in [4.69, 9.17) is 0 Å². The first-order valence-corrected chi connectivity index (χ1v) is 4.58. The van der Waals surface area contributed by atoms with Gasteiger partial charge in [0.05, 0.1) is 5.60 Å². The molecule has 0 aromatic heterocycles. The van der Waals surface area contributed by atoms with Crippen molar-refractivity contribution in [2.45, 2.75) is 38.3 Å². The summed E-state index contributed by atoms with van der Waals surface area (Å²) in [6.45, 7) is 6.20. The third-order valence-electron chi connectivity index (χ3n) is 3.02. The lowest BCUT2D eigenvalue weighted by Crippen LogP contribution is -2.64. The van der Waals surface area contributed by atoms with Crippen molar-refractivity contribution in [2.24, 2.45) is 5.92 Å². The van der Waals surface area contributed by atoms with E-state index in [9.17, 15) is 5.11 Å². The van der Waals surface area contributed by atoms with Crippen molar-refractivity contribution in [3.8, 4) is 0 Å². The van der Waals surface area contributed by atoms with E-state index in [2.05, 4.69) is 18.7 Å². The average Bonchev–Trinajstić information content (AvgIpc) is 2.60. The minimum absolute atomic E-state index is 0.287. The Morgan fingerprint density at radius 1 is 1.36 bits per heavy atom. The zero-order valence-corrected chi connectivity index (χ0v) is 7.38. The van der Waals surface area contributed by atoms with Crippen LogP contribution in [-0.4, -0.2) is 34.7 Å². The smallest absolute Gasteiger partial charge is 0.0928 e. The normalized spacial score (nSPS) is 30.5. The van der Waals surface area contributed by atoms with Gasteiger partial charge in [0.25, 0.3) is 0 Å². The number of aliphatic hydroxyl groups is 1. The van der Waals surface area contributed by atoms with Crippen molar-refractivity contribution in [3.63, 3.8) is 0 Å². The lowest BCUT2D eigenvalue weighted by atomic mass is 9.88. The Kier molecular flexibility index (Phi) is 1.52. The molecule has 11 heavy (non-hydrogen) atoms. The number of nitrogens with zero attached hydrogens (tertiary/aromatic N) is 1. The highest BCUT2D eigenvalue weighted by molar-refractivity contribution is 5.05. The summed E-state index contributed by atoms with van der Waals surface area (Å²) in [5.74, 6) is 0.637. The van der Waals surface area contributed by atoms with E-state index >= 15 is 0 Å². The van der Waals surface area contributed by atoms with Crippen LogP contribution in [0.15, 0.2) is 0 Å². The van der Waals surface area contributed by atoms with Gasteiger partial charge < -0.3 is 5.11 Å². The molecule has 0 atom stereocenters. The van der Waals surface area contributed by atoms with E-state index < -0.39 is 0 Å². The van der Waals surface area contributed by atoms with Crippen molar-refractivity contribution in [1.29, 1.82) is 0 Å².